The molecular formula is C18H20FNO2S. The molecule has 3 nitrogen and oxygen atoms in total. The summed E-state index contributed by atoms with van der Waals surface area (Å²) in [5.74, 6) is 0.396. The Hall–Kier alpha value is -2.01. The van der Waals surface area contributed by atoms with Crippen LogP contribution < -0.4 is 10.1 Å². The highest BCUT2D eigenvalue weighted by molar-refractivity contribution is 8.00. The SMILES string of the molecule is COc1ccccc1C(C)NC(=O)C(C)Sc1ccc(F)cc1. The maximum Gasteiger partial charge on any atom is 0.233 e. The molecule has 5 heteroatoms. The minimum atomic E-state index is -0.281. The van der Waals surface area contributed by atoms with E-state index in [0.717, 1.165) is 16.2 Å². The number of hydrogen-bond acceptors (Lipinski definition) is 3. The van der Waals surface area contributed by atoms with E-state index in [2.05, 4.69) is 5.32 Å². The Morgan fingerprint density at radius 3 is 2.43 bits per heavy atom. The third kappa shape index (κ3) is 4.73. The van der Waals surface area contributed by atoms with Crippen molar-refractivity contribution in [1.82, 2.24) is 5.32 Å². The Balaban J connectivity index is 1.98. The average Bonchev–Trinajstić information content (AvgIpc) is 2.56. The molecule has 23 heavy (non-hydrogen) atoms. The molecule has 0 aliphatic heterocycles. The van der Waals surface area contributed by atoms with Gasteiger partial charge in [-0.1, -0.05) is 18.2 Å². The number of carbonyl (C=O) groups is 1. The van der Waals surface area contributed by atoms with Gasteiger partial charge in [0.15, 0.2) is 0 Å². The lowest BCUT2D eigenvalue weighted by molar-refractivity contribution is -0.120. The van der Waals surface area contributed by atoms with Crippen LogP contribution in [0, 0.1) is 5.82 Å². The molecular weight excluding hydrogens is 313 g/mol. The summed E-state index contributed by atoms with van der Waals surface area (Å²) in [7, 11) is 1.61. The van der Waals surface area contributed by atoms with Crippen molar-refractivity contribution in [2.75, 3.05) is 7.11 Å². The van der Waals surface area contributed by atoms with Crippen LogP contribution in [0.2, 0.25) is 0 Å². The molecule has 2 aromatic carbocycles. The summed E-state index contributed by atoms with van der Waals surface area (Å²) in [6.07, 6.45) is 0. The van der Waals surface area contributed by atoms with Crippen molar-refractivity contribution in [3.8, 4) is 5.75 Å². The van der Waals surface area contributed by atoms with E-state index in [4.69, 9.17) is 4.74 Å². The van der Waals surface area contributed by atoms with Crippen LogP contribution in [0.4, 0.5) is 4.39 Å². The first-order valence-electron chi connectivity index (χ1n) is 7.36. The van der Waals surface area contributed by atoms with Crippen LogP contribution in [-0.4, -0.2) is 18.3 Å². The number of benzene rings is 2. The second-order valence-electron chi connectivity index (χ2n) is 5.19. The molecule has 2 unspecified atom stereocenters. The summed E-state index contributed by atoms with van der Waals surface area (Å²) in [5, 5.41) is 2.71. The summed E-state index contributed by atoms with van der Waals surface area (Å²) in [5.41, 5.74) is 0.933. The van der Waals surface area contributed by atoms with E-state index in [1.807, 2.05) is 38.1 Å². The fraction of sp³-hybridized carbons (Fsp3) is 0.278. The molecule has 0 saturated heterocycles. The third-order valence-corrected chi connectivity index (χ3v) is 4.57. The smallest absolute Gasteiger partial charge is 0.233 e. The highest BCUT2D eigenvalue weighted by atomic mass is 32.2. The molecule has 2 rings (SSSR count). The zero-order valence-corrected chi connectivity index (χ0v) is 14.2. The van der Waals surface area contributed by atoms with Gasteiger partial charge in [0.25, 0.3) is 0 Å². The number of halogens is 1. The van der Waals surface area contributed by atoms with Crippen LogP contribution in [0.3, 0.4) is 0 Å². The zero-order chi connectivity index (χ0) is 16.8. The fourth-order valence-corrected chi connectivity index (χ4v) is 3.08. The largest absolute Gasteiger partial charge is 0.496 e. The first kappa shape index (κ1) is 17.3. The van der Waals surface area contributed by atoms with Crippen LogP contribution in [0.1, 0.15) is 25.5 Å². The minimum Gasteiger partial charge on any atom is -0.496 e. The third-order valence-electron chi connectivity index (χ3n) is 3.46. The average molecular weight is 333 g/mol. The molecule has 1 amide bonds. The molecule has 1 N–H and O–H groups in total. The summed E-state index contributed by atoms with van der Waals surface area (Å²) in [6, 6.07) is 13.6. The zero-order valence-electron chi connectivity index (χ0n) is 13.4. The molecule has 0 saturated carbocycles. The number of methoxy groups -OCH3 is 1. The molecule has 0 aliphatic rings. The van der Waals surface area contributed by atoms with Gasteiger partial charge in [0, 0.05) is 10.5 Å². The Bertz CT molecular complexity index is 660. The van der Waals surface area contributed by atoms with Crippen molar-refractivity contribution in [2.24, 2.45) is 0 Å². The minimum absolute atomic E-state index is 0.0715. The van der Waals surface area contributed by atoms with Gasteiger partial charge in [-0.15, -0.1) is 11.8 Å². The van der Waals surface area contributed by atoms with Crippen molar-refractivity contribution in [3.63, 3.8) is 0 Å². The Kier molecular flexibility index (Phi) is 6.04. The molecule has 0 fully saturated rings. The van der Waals surface area contributed by atoms with Gasteiger partial charge in [0.1, 0.15) is 11.6 Å². The number of thioether (sulfide) groups is 1. The summed E-state index contributed by atoms with van der Waals surface area (Å²) in [4.78, 5) is 13.2. The summed E-state index contributed by atoms with van der Waals surface area (Å²) in [6.45, 7) is 3.75. The fourth-order valence-electron chi connectivity index (χ4n) is 2.20. The van der Waals surface area contributed by atoms with Crippen molar-refractivity contribution in [1.29, 1.82) is 0 Å². The van der Waals surface area contributed by atoms with Crippen molar-refractivity contribution >= 4 is 17.7 Å². The Labute approximate surface area is 140 Å². The van der Waals surface area contributed by atoms with Crippen LogP contribution in [0.5, 0.6) is 5.75 Å². The quantitative estimate of drug-likeness (QED) is 0.806. The van der Waals surface area contributed by atoms with Crippen molar-refractivity contribution < 1.29 is 13.9 Å². The highest BCUT2D eigenvalue weighted by Gasteiger charge is 2.19. The topological polar surface area (TPSA) is 38.3 Å². The van der Waals surface area contributed by atoms with E-state index < -0.39 is 0 Å². The Morgan fingerprint density at radius 1 is 1.13 bits per heavy atom. The van der Waals surface area contributed by atoms with Crippen LogP contribution >= 0.6 is 11.8 Å². The maximum absolute atomic E-state index is 12.9. The molecule has 0 radical (unpaired) electrons. The number of para-hydroxylation sites is 1. The number of hydrogen-bond donors (Lipinski definition) is 1. The standard InChI is InChI=1S/C18H20FNO2S/c1-12(16-6-4-5-7-17(16)22-3)20-18(21)13(2)23-15-10-8-14(19)9-11-15/h4-13H,1-3H3,(H,20,21). The predicted molar refractivity (Wildman–Crippen MR) is 91.3 cm³/mol. The molecule has 122 valence electrons. The predicted octanol–water partition coefficient (Wildman–Crippen LogP) is 4.19. The van der Waals surface area contributed by atoms with E-state index in [0.29, 0.717) is 0 Å². The van der Waals surface area contributed by atoms with Crippen molar-refractivity contribution in [3.05, 3.63) is 59.9 Å². The second-order valence-corrected chi connectivity index (χ2v) is 6.60. The molecule has 0 aliphatic carbocycles. The lowest BCUT2D eigenvalue weighted by atomic mass is 10.1. The lowest BCUT2D eigenvalue weighted by Crippen LogP contribution is -2.33. The van der Waals surface area contributed by atoms with Gasteiger partial charge >= 0.3 is 0 Å². The molecule has 0 aromatic heterocycles. The monoisotopic (exact) mass is 333 g/mol. The van der Waals surface area contributed by atoms with Crippen LogP contribution in [0.25, 0.3) is 0 Å². The van der Waals surface area contributed by atoms with Gasteiger partial charge in [-0.3, -0.25) is 4.79 Å². The number of carbonyl (C=O) groups excluding carboxylic acids is 1. The number of amides is 1. The van der Waals surface area contributed by atoms with Crippen LogP contribution in [-0.2, 0) is 4.79 Å². The van der Waals surface area contributed by atoms with Gasteiger partial charge in [-0.25, -0.2) is 4.39 Å². The van der Waals surface area contributed by atoms with Gasteiger partial charge in [0.2, 0.25) is 5.91 Å². The van der Waals surface area contributed by atoms with Crippen molar-refractivity contribution in [2.45, 2.75) is 30.0 Å². The maximum atomic E-state index is 12.9. The van der Waals surface area contributed by atoms with E-state index >= 15 is 0 Å². The van der Waals surface area contributed by atoms with E-state index in [1.54, 1.807) is 19.2 Å². The first-order valence-corrected chi connectivity index (χ1v) is 8.24. The van der Waals surface area contributed by atoms with E-state index in [-0.39, 0.29) is 23.0 Å². The van der Waals surface area contributed by atoms with Gasteiger partial charge in [0.05, 0.1) is 18.4 Å². The Morgan fingerprint density at radius 2 is 1.78 bits per heavy atom. The normalized spacial score (nSPS) is 13.2. The van der Waals surface area contributed by atoms with Gasteiger partial charge in [-0.05, 0) is 44.2 Å². The van der Waals surface area contributed by atoms with E-state index in [1.165, 1.54) is 23.9 Å². The molecule has 0 heterocycles. The lowest BCUT2D eigenvalue weighted by Gasteiger charge is -2.19. The molecule has 0 spiro atoms. The molecule has 0 bridgehead atoms. The number of rotatable bonds is 6. The highest BCUT2D eigenvalue weighted by Crippen LogP contribution is 2.27. The molecule has 2 atom stereocenters. The van der Waals surface area contributed by atoms with Crippen LogP contribution in [0.15, 0.2) is 53.4 Å². The van der Waals surface area contributed by atoms with Gasteiger partial charge < -0.3 is 10.1 Å². The summed E-state index contributed by atoms with van der Waals surface area (Å²) < 4.78 is 18.2. The first-order chi connectivity index (χ1) is 11.0. The summed E-state index contributed by atoms with van der Waals surface area (Å²) >= 11 is 1.40. The van der Waals surface area contributed by atoms with E-state index in [9.17, 15) is 9.18 Å². The number of nitrogens with one attached hydrogen (secondary N) is 1. The second kappa shape index (κ2) is 8.02. The molecule has 2 aromatic rings. The number of ether oxygens (including phenoxy) is 1. The van der Waals surface area contributed by atoms with Gasteiger partial charge in [-0.2, -0.15) is 0 Å².